The van der Waals surface area contributed by atoms with Gasteiger partial charge < -0.3 is 14.5 Å². The van der Waals surface area contributed by atoms with Crippen LogP contribution in [0.3, 0.4) is 0 Å². The van der Waals surface area contributed by atoms with Crippen LogP contribution in [0.15, 0.2) is 54.2 Å². The zero-order valence-corrected chi connectivity index (χ0v) is 18.1. The Hall–Kier alpha value is -4.18. The number of aryl methyl sites for hydroxylation is 1. The summed E-state index contributed by atoms with van der Waals surface area (Å²) < 4.78 is 10.8. The highest BCUT2D eigenvalue weighted by Gasteiger charge is 2.24. The number of hydrogen-bond acceptors (Lipinski definition) is 6. The number of rotatable bonds is 8. The molecule has 7 nitrogen and oxygen atoms in total. The largest absolute Gasteiger partial charge is 0.487 e. The van der Waals surface area contributed by atoms with Gasteiger partial charge in [-0.1, -0.05) is 18.2 Å². The molecule has 0 amide bonds. The highest BCUT2D eigenvalue weighted by atomic mass is 16.5. The fraction of sp³-hybridized carbons (Fsp3) is 0.200. The van der Waals surface area contributed by atoms with Crippen LogP contribution in [0, 0.1) is 25.2 Å². The molecule has 0 aliphatic heterocycles. The van der Waals surface area contributed by atoms with Crippen LogP contribution < -0.4 is 4.74 Å². The van der Waals surface area contributed by atoms with Gasteiger partial charge in [0.05, 0.1) is 23.6 Å². The molecule has 2 heterocycles. The summed E-state index contributed by atoms with van der Waals surface area (Å²) in [6, 6.07) is 14.6. The number of nitrogens with one attached hydrogen (secondary N) is 1. The van der Waals surface area contributed by atoms with Gasteiger partial charge in [0.1, 0.15) is 24.0 Å². The zero-order chi connectivity index (χ0) is 23.1. The Morgan fingerprint density at radius 2 is 1.91 bits per heavy atom. The molecule has 3 rings (SSSR count). The number of H-pyrrole nitrogens is 1. The van der Waals surface area contributed by atoms with E-state index in [9.17, 15) is 14.9 Å². The molecule has 1 aromatic carbocycles. The van der Waals surface area contributed by atoms with E-state index in [1.807, 2.05) is 24.3 Å². The number of nitrogens with zero attached hydrogens (tertiary/aromatic N) is 2. The third-order valence-electron chi connectivity index (χ3n) is 4.81. The SMILES string of the molecule is CCOC(=O)c1c(C)[nH]c(C(=O)/C(C#N)=C\c2ccc(OCc3ccccn3)cc2)c1C. The van der Waals surface area contributed by atoms with Crippen LogP contribution in [0.4, 0.5) is 0 Å². The number of allylic oxidation sites excluding steroid dienone is 1. The molecule has 1 N–H and O–H groups in total. The van der Waals surface area contributed by atoms with Crippen LogP contribution in [-0.2, 0) is 11.3 Å². The molecule has 0 unspecified atom stereocenters. The van der Waals surface area contributed by atoms with Gasteiger partial charge in [-0.2, -0.15) is 5.26 Å². The number of ether oxygens (including phenoxy) is 2. The van der Waals surface area contributed by atoms with Gasteiger partial charge in [0.25, 0.3) is 0 Å². The molecule has 0 bridgehead atoms. The molecule has 3 aromatic rings. The van der Waals surface area contributed by atoms with Gasteiger partial charge in [0, 0.05) is 11.9 Å². The Balaban J connectivity index is 1.77. The summed E-state index contributed by atoms with van der Waals surface area (Å²) >= 11 is 0. The lowest BCUT2D eigenvalue weighted by Crippen LogP contribution is -2.08. The summed E-state index contributed by atoms with van der Waals surface area (Å²) in [6.45, 7) is 5.64. The number of aromatic amines is 1. The molecule has 0 radical (unpaired) electrons. The topological polar surface area (TPSA) is 105 Å². The van der Waals surface area contributed by atoms with Crippen molar-refractivity contribution in [1.29, 1.82) is 5.26 Å². The number of Topliss-reactive ketones (excluding diaryl/α,β-unsaturated/α-hetero) is 1. The number of carbonyl (C=O) groups excluding carboxylic acids is 2. The number of nitriles is 1. The van der Waals surface area contributed by atoms with E-state index >= 15 is 0 Å². The Morgan fingerprint density at radius 1 is 1.16 bits per heavy atom. The van der Waals surface area contributed by atoms with E-state index in [1.165, 1.54) is 6.08 Å². The second-order valence-electron chi connectivity index (χ2n) is 7.02. The summed E-state index contributed by atoms with van der Waals surface area (Å²) in [5.41, 5.74) is 2.95. The molecular weight excluding hydrogens is 406 g/mol. The number of carbonyl (C=O) groups is 2. The van der Waals surface area contributed by atoms with E-state index in [1.54, 1.807) is 51.2 Å². The van der Waals surface area contributed by atoms with Crippen LogP contribution in [0.25, 0.3) is 6.08 Å². The zero-order valence-electron chi connectivity index (χ0n) is 18.1. The fourth-order valence-corrected chi connectivity index (χ4v) is 3.24. The minimum atomic E-state index is -0.499. The molecule has 0 fully saturated rings. The molecule has 32 heavy (non-hydrogen) atoms. The summed E-state index contributed by atoms with van der Waals surface area (Å²) in [4.78, 5) is 32.3. The monoisotopic (exact) mass is 429 g/mol. The highest BCUT2D eigenvalue weighted by Crippen LogP contribution is 2.23. The molecule has 162 valence electrons. The average Bonchev–Trinajstić information content (AvgIpc) is 3.11. The van der Waals surface area contributed by atoms with Crippen LogP contribution in [-0.4, -0.2) is 28.3 Å². The average molecular weight is 429 g/mol. The van der Waals surface area contributed by atoms with Crippen molar-refractivity contribution in [2.24, 2.45) is 0 Å². The van der Waals surface area contributed by atoms with Gasteiger partial charge in [-0.25, -0.2) is 4.79 Å². The molecule has 0 saturated carbocycles. The molecule has 2 aromatic heterocycles. The second kappa shape index (κ2) is 10.2. The first-order chi connectivity index (χ1) is 15.4. The first-order valence-corrected chi connectivity index (χ1v) is 10.1. The second-order valence-corrected chi connectivity index (χ2v) is 7.02. The van der Waals surface area contributed by atoms with E-state index in [4.69, 9.17) is 9.47 Å². The molecule has 0 saturated heterocycles. The van der Waals surface area contributed by atoms with Gasteiger partial charge in [-0.15, -0.1) is 0 Å². The van der Waals surface area contributed by atoms with Gasteiger partial charge >= 0.3 is 5.97 Å². The summed E-state index contributed by atoms with van der Waals surface area (Å²) in [7, 11) is 0. The van der Waals surface area contributed by atoms with Crippen LogP contribution >= 0.6 is 0 Å². The number of aromatic nitrogens is 2. The number of ketones is 1. The van der Waals surface area contributed by atoms with Crippen molar-refractivity contribution < 1.29 is 19.1 Å². The van der Waals surface area contributed by atoms with E-state index in [-0.39, 0.29) is 17.9 Å². The van der Waals surface area contributed by atoms with Crippen LogP contribution in [0.2, 0.25) is 0 Å². The molecule has 7 heteroatoms. The Bertz CT molecular complexity index is 1190. The highest BCUT2D eigenvalue weighted by molar-refractivity contribution is 6.15. The minimum absolute atomic E-state index is 0.0492. The van der Waals surface area contributed by atoms with Crippen molar-refractivity contribution in [2.75, 3.05) is 6.61 Å². The predicted octanol–water partition coefficient (Wildman–Crippen LogP) is 4.57. The quantitative estimate of drug-likeness (QED) is 0.243. The van der Waals surface area contributed by atoms with Crippen molar-refractivity contribution in [3.8, 4) is 11.8 Å². The lowest BCUT2D eigenvalue weighted by molar-refractivity contribution is 0.0525. The van der Waals surface area contributed by atoms with Gasteiger partial charge in [-0.3, -0.25) is 9.78 Å². The van der Waals surface area contributed by atoms with E-state index in [0.717, 1.165) is 5.69 Å². The Kier molecular flexibility index (Phi) is 7.19. The lowest BCUT2D eigenvalue weighted by atomic mass is 10.0. The molecule has 0 aliphatic rings. The van der Waals surface area contributed by atoms with E-state index in [0.29, 0.717) is 34.7 Å². The van der Waals surface area contributed by atoms with Gasteiger partial charge in [0.15, 0.2) is 0 Å². The Labute approximate surface area is 186 Å². The van der Waals surface area contributed by atoms with Crippen molar-refractivity contribution in [3.63, 3.8) is 0 Å². The first kappa shape index (κ1) is 22.5. The standard InChI is InChI=1S/C25H23N3O4/c1-4-31-25(30)22-16(2)23(28-17(22)3)24(29)19(14-26)13-18-8-10-21(11-9-18)32-15-20-7-5-6-12-27-20/h5-13,28H,4,15H2,1-3H3/b19-13-. The van der Waals surface area contributed by atoms with Gasteiger partial charge in [-0.05, 0) is 62.2 Å². The minimum Gasteiger partial charge on any atom is -0.487 e. The number of esters is 1. The third kappa shape index (κ3) is 5.10. The molecule has 0 aliphatic carbocycles. The maximum atomic E-state index is 13.0. The van der Waals surface area contributed by atoms with E-state index < -0.39 is 11.8 Å². The normalized spacial score (nSPS) is 11.0. The lowest BCUT2D eigenvalue weighted by Gasteiger charge is -2.06. The maximum Gasteiger partial charge on any atom is 0.340 e. The summed E-state index contributed by atoms with van der Waals surface area (Å²) in [5, 5.41) is 9.57. The molecule has 0 spiro atoms. The van der Waals surface area contributed by atoms with Crippen molar-refractivity contribution in [2.45, 2.75) is 27.4 Å². The maximum absolute atomic E-state index is 13.0. The first-order valence-electron chi connectivity index (χ1n) is 10.1. The van der Waals surface area contributed by atoms with Gasteiger partial charge in [0.2, 0.25) is 5.78 Å². The Morgan fingerprint density at radius 3 is 2.53 bits per heavy atom. The van der Waals surface area contributed by atoms with Crippen molar-refractivity contribution in [3.05, 3.63) is 88.0 Å². The van der Waals surface area contributed by atoms with Crippen molar-refractivity contribution >= 4 is 17.8 Å². The number of benzene rings is 1. The molecular formula is C25H23N3O4. The van der Waals surface area contributed by atoms with Crippen molar-refractivity contribution in [1.82, 2.24) is 9.97 Å². The molecule has 0 atom stereocenters. The fourth-order valence-electron chi connectivity index (χ4n) is 3.24. The van der Waals surface area contributed by atoms with Crippen LogP contribution in [0.5, 0.6) is 5.75 Å². The smallest absolute Gasteiger partial charge is 0.340 e. The number of hydrogen-bond donors (Lipinski definition) is 1. The predicted molar refractivity (Wildman–Crippen MR) is 119 cm³/mol. The van der Waals surface area contributed by atoms with E-state index in [2.05, 4.69) is 9.97 Å². The number of pyridine rings is 1. The third-order valence-corrected chi connectivity index (χ3v) is 4.81. The van der Waals surface area contributed by atoms with Crippen LogP contribution in [0.1, 0.15) is 50.3 Å². The summed E-state index contributed by atoms with van der Waals surface area (Å²) in [5.74, 6) is -0.340. The summed E-state index contributed by atoms with van der Waals surface area (Å²) in [6.07, 6.45) is 3.21.